The van der Waals surface area contributed by atoms with Gasteiger partial charge in [-0.15, -0.1) is 0 Å². The zero-order chi connectivity index (χ0) is 12.6. The molecule has 0 aromatic heterocycles. The van der Waals surface area contributed by atoms with Crippen LogP contribution in [-0.4, -0.2) is 16.7 Å². The van der Waals surface area contributed by atoms with Crippen molar-refractivity contribution in [2.75, 3.05) is 0 Å². The normalized spacial score (nSPS) is 19.2. The average molecular weight is 234 g/mol. The van der Waals surface area contributed by atoms with Crippen molar-refractivity contribution in [3.63, 3.8) is 0 Å². The maximum absolute atomic E-state index is 11.5. The molecule has 1 aromatic rings. The molecule has 2 rings (SSSR count). The number of amides is 2. The van der Waals surface area contributed by atoms with Crippen LogP contribution in [0.1, 0.15) is 23.5 Å². The SMILES string of the molecule is Cc1ccc([N+](=O)[O-])c(C2CC(=O)NC2=O)c1. The molecule has 1 unspecified atom stereocenters. The molecule has 0 radical (unpaired) electrons. The molecule has 6 heteroatoms. The van der Waals surface area contributed by atoms with Gasteiger partial charge in [0.1, 0.15) is 0 Å². The van der Waals surface area contributed by atoms with E-state index < -0.39 is 22.7 Å². The van der Waals surface area contributed by atoms with E-state index in [2.05, 4.69) is 5.32 Å². The van der Waals surface area contributed by atoms with E-state index in [9.17, 15) is 19.7 Å². The fourth-order valence-electron chi connectivity index (χ4n) is 1.92. The maximum atomic E-state index is 11.5. The van der Waals surface area contributed by atoms with E-state index in [1.54, 1.807) is 19.1 Å². The number of carbonyl (C=O) groups excluding carboxylic acids is 2. The van der Waals surface area contributed by atoms with Crippen LogP contribution >= 0.6 is 0 Å². The molecule has 1 aliphatic rings. The van der Waals surface area contributed by atoms with Gasteiger partial charge in [0.25, 0.3) is 5.69 Å². The molecule has 1 saturated heterocycles. The summed E-state index contributed by atoms with van der Waals surface area (Å²) in [7, 11) is 0. The summed E-state index contributed by atoms with van der Waals surface area (Å²) in [5.41, 5.74) is 1.00. The van der Waals surface area contributed by atoms with E-state index >= 15 is 0 Å². The average Bonchev–Trinajstić information content (AvgIpc) is 2.57. The largest absolute Gasteiger partial charge is 0.296 e. The highest BCUT2D eigenvalue weighted by Crippen LogP contribution is 2.32. The molecule has 17 heavy (non-hydrogen) atoms. The summed E-state index contributed by atoms with van der Waals surface area (Å²) in [6.45, 7) is 1.78. The zero-order valence-corrected chi connectivity index (χ0v) is 9.10. The first kappa shape index (κ1) is 11.3. The Kier molecular flexibility index (Phi) is 2.63. The number of nitro groups is 1. The zero-order valence-electron chi connectivity index (χ0n) is 9.10. The Morgan fingerprint density at radius 3 is 2.65 bits per heavy atom. The fourth-order valence-corrected chi connectivity index (χ4v) is 1.92. The predicted molar refractivity (Wildman–Crippen MR) is 58.3 cm³/mol. The molecule has 0 saturated carbocycles. The number of nitrogens with one attached hydrogen (secondary N) is 1. The molecule has 1 N–H and O–H groups in total. The van der Waals surface area contributed by atoms with Crippen LogP contribution in [0.4, 0.5) is 5.69 Å². The Morgan fingerprint density at radius 2 is 2.12 bits per heavy atom. The number of benzene rings is 1. The van der Waals surface area contributed by atoms with Crippen molar-refractivity contribution >= 4 is 17.5 Å². The van der Waals surface area contributed by atoms with Crippen LogP contribution in [-0.2, 0) is 9.59 Å². The van der Waals surface area contributed by atoms with Gasteiger partial charge >= 0.3 is 0 Å². The van der Waals surface area contributed by atoms with Gasteiger partial charge in [-0.1, -0.05) is 11.6 Å². The number of carbonyl (C=O) groups is 2. The van der Waals surface area contributed by atoms with Gasteiger partial charge < -0.3 is 0 Å². The third-order valence-corrected chi connectivity index (χ3v) is 2.72. The molecule has 0 spiro atoms. The quantitative estimate of drug-likeness (QED) is 0.470. The van der Waals surface area contributed by atoms with Crippen molar-refractivity contribution in [2.45, 2.75) is 19.3 Å². The van der Waals surface area contributed by atoms with Crippen LogP contribution in [0.25, 0.3) is 0 Å². The highest BCUT2D eigenvalue weighted by molar-refractivity contribution is 6.06. The summed E-state index contributed by atoms with van der Waals surface area (Å²) in [4.78, 5) is 32.9. The first-order valence-corrected chi connectivity index (χ1v) is 5.07. The van der Waals surface area contributed by atoms with Crippen molar-refractivity contribution in [3.05, 3.63) is 39.4 Å². The first-order chi connectivity index (χ1) is 7.99. The Morgan fingerprint density at radius 1 is 1.41 bits per heavy atom. The van der Waals surface area contributed by atoms with Crippen LogP contribution in [0.15, 0.2) is 18.2 Å². The topological polar surface area (TPSA) is 89.3 Å². The molecule has 0 aliphatic carbocycles. The van der Waals surface area contributed by atoms with Gasteiger partial charge in [0.2, 0.25) is 11.8 Å². The lowest BCUT2D eigenvalue weighted by Gasteiger charge is -2.08. The van der Waals surface area contributed by atoms with Crippen molar-refractivity contribution < 1.29 is 14.5 Å². The highest BCUT2D eigenvalue weighted by atomic mass is 16.6. The molecule has 1 aromatic carbocycles. The number of hydrogen-bond acceptors (Lipinski definition) is 4. The minimum absolute atomic E-state index is 0.0247. The molecule has 1 atom stereocenters. The van der Waals surface area contributed by atoms with E-state index in [0.29, 0.717) is 5.56 Å². The number of rotatable bonds is 2. The summed E-state index contributed by atoms with van der Waals surface area (Å²) in [5.74, 6) is -1.61. The van der Waals surface area contributed by atoms with E-state index in [4.69, 9.17) is 0 Å². The Labute approximate surface area is 96.8 Å². The van der Waals surface area contributed by atoms with Gasteiger partial charge in [0.15, 0.2) is 0 Å². The Bertz CT molecular complexity index is 524. The molecular weight excluding hydrogens is 224 g/mol. The van der Waals surface area contributed by atoms with Crippen molar-refractivity contribution in [3.8, 4) is 0 Å². The molecule has 2 amide bonds. The molecule has 1 heterocycles. The number of imide groups is 1. The number of nitrogens with zero attached hydrogens (tertiary/aromatic N) is 1. The second-order valence-electron chi connectivity index (χ2n) is 3.99. The predicted octanol–water partition coefficient (Wildman–Crippen LogP) is 1.03. The van der Waals surface area contributed by atoms with E-state index in [-0.39, 0.29) is 12.1 Å². The van der Waals surface area contributed by atoms with Crippen LogP contribution in [0.3, 0.4) is 0 Å². The third-order valence-electron chi connectivity index (χ3n) is 2.72. The lowest BCUT2D eigenvalue weighted by Crippen LogP contribution is -2.21. The standard InChI is InChI=1S/C11H10N2O4/c1-6-2-3-9(13(16)17)7(4-6)8-5-10(14)12-11(8)15/h2-4,8H,5H2,1H3,(H,12,14,15). The van der Waals surface area contributed by atoms with Crippen LogP contribution in [0.2, 0.25) is 0 Å². The minimum Gasteiger partial charge on any atom is -0.296 e. The van der Waals surface area contributed by atoms with E-state index in [1.165, 1.54) is 6.07 Å². The number of nitro benzene ring substituents is 1. The molecular formula is C11H10N2O4. The molecule has 0 bridgehead atoms. The van der Waals surface area contributed by atoms with E-state index in [0.717, 1.165) is 5.56 Å². The number of aryl methyl sites for hydroxylation is 1. The van der Waals surface area contributed by atoms with Crippen molar-refractivity contribution in [2.24, 2.45) is 0 Å². The summed E-state index contributed by atoms with van der Waals surface area (Å²) >= 11 is 0. The monoisotopic (exact) mass is 234 g/mol. The molecule has 1 fully saturated rings. The Balaban J connectivity index is 2.50. The van der Waals surface area contributed by atoms with Crippen LogP contribution < -0.4 is 5.32 Å². The fraction of sp³-hybridized carbons (Fsp3) is 0.273. The summed E-state index contributed by atoms with van der Waals surface area (Å²) in [5, 5.41) is 13.0. The first-order valence-electron chi connectivity index (χ1n) is 5.07. The van der Waals surface area contributed by atoms with Crippen molar-refractivity contribution in [1.29, 1.82) is 0 Å². The number of hydrogen-bond donors (Lipinski definition) is 1. The Hall–Kier alpha value is -2.24. The molecule has 6 nitrogen and oxygen atoms in total. The second kappa shape index (κ2) is 3.97. The maximum Gasteiger partial charge on any atom is 0.273 e. The van der Waals surface area contributed by atoms with Gasteiger partial charge in [-0.25, -0.2) is 0 Å². The van der Waals surface area contributed by atoms with Crippen LogP contribution in [0, 0.1) is 17.0 Å². The van der Waals surface area contributed by atoms with Gasteiger partial charge in [0.05, 0.1) is 10.8 Å². The summed E-state index contributed by atoms with van der Waals surface area (Å²) in [6, 6.07) is 4.55. The summed E-state index contributed by atoms with van der Waals surface area (Å²) < 4.78 is 0. The lowest BCUT2D eigenvalue weighted by molar-refractivity contribution is -0.385. The third kappa shape index (κ3) is 2.01. The lowest BCUT2D eigenvalue weighted by atomic mass is 9.94. The van der Waals surface area contributed by atoms with Gasteiger partial charge in [-0.05, 0) is 13.0 Å². The molecule has 1 aliphatic heterocycles. The minimum atomic E-state index is -0.747. The van der Waals surface area contributed by atoms with Gasteiger partial charge in [-0.2, -0.15) is 0 Å². The smallest absolute Gasteiger partial charge is 0.273 e. The second-order valence-corrected chi connectivity index (χ2v) is 3.99. The van der Waals surface area contributed by atoms with Crippen LogP contribution in [0.5, 0.6) is 0 Å². The molecule has 88 valence electrons. The highest BCUT2D eigenvalue weighted by Gasteiger charge is 2.35. The van der Waals surface area contributed by atoms with Gasteiger partial charge in [0, 0.05) is 18.1 Å². The van der Waals surface area contributed by atoms with Crippen molar-refractivity contribution in [1.82, 2.24) is 5.32 Å². The van der Waals surface area contributed by atoms with Gasteiger partial charge in [-0.3, -0.25) is 25.0 Å². The summed E-state index contributed by atoms with van der Waals surface area (Å²) in [6.07, 6.45) is -0.0247. The van der Waals surface area contributed by atoms with E-state index in [1.807, 2.05) is 0 Å².